The minimum Gasteiger partial charge on any atom is -0.252 e. The van der Waals surface area contributed by atoms with Gasteiger partial charge in [-0.1, -0.05) is 97.1 Å². The van der Waals surface area contributed by atoms with Crippen LogP contribution in [0.15, 0.2) is 146 Å². The molecule has 1 heterocycles. The lowest BCUT2D eigenvalue weighted by molar-refractivity contribution is -0.695. The fourth-order valence-electron chi connectivity index (χ4n) is 8.41. The standard InChI is InChI=1S/C32H12BF24.C18H16FN2/c34-25(35,36)13-1-14(26(37,38)39)6-21(5-13)33(22-7-15(27(40,41)42)2-16(8-22)28(43,44)45,23-9-17(29(46,47)48)3-18(10-23)30(49,50)51)24-11-19(31(52,53)54)4-20(12-24)32(55,56)57;19-18-9-5-4-8-16(18)12-17-13-20-10-11-21(17)14-15-6-2-1-3-7-15/h1-12H;1-11,13H,12,14H2/q-1;+1. The Morgan fingerprint density at radius 3 is 0.923 bits per heavy atom. The zero-order valence-corrected chi connectivity index (χ0v) is 38.2. The van der Waals surface area contributed by atoms with Crippen LogP contribution in [0, 0.1) is 5.82 Å². The summed E-state index contributed by atoms with van der Waals surface area (Å²) in [5.41, 5.74) is -27.3. The number of alkyl halides is 24. The second-order valence-corrected chi connectivity index (χ2v) is 17.2. The zero-order valence-electron chi connectivity index (χ0n) is 38.2. The Hall–Kier alpha value is -7.29. The fraction of sp³-hybridized carbons (Fsp3) is 0.200. The predicted molar refractivity (Wildman–Crippen MR) is 229 cm³/mol. The maximum Gasteiger partial charge on any atom is 0.416 e. The van der Waals surface area contributed by atoms with Crippen LogP contribution >= 0.6 is 0 Å². The third kappa shape index (κ3) is 13.9. The summed E-state index contributed by atoms with van der Waals surface area (Å²) >= 11 is 0. The van der Waals surface area contributed by atoms with Crippen LogP contribution in [-0.4, -0.2) is 11.1 Å². The zero-order chi connectivity index (χ0) is 58.4. The summed E-state index contributed by atoms with van der Waals surface area (Å²) in [6.07, 6.45) is -48.8. The molecule has 0 N–H and O–H groups in total. The summed E-state index contributed by atoms with van der Waals surface area (Å²) in [5.74, 6) is -0.174. The highest BCUT2D eigenvalue weighted by molar-refractivity contribution is 7.20. The molecule has 0 atom stereocenters. The van der Waals surface area contributed by atoms with E-state index in [0.29, 0.717) is 12.0 Å². The molecule has 7 aromatic rings. The summed E-state index contributed by atoms with van der Waals surface area (Å²) < 4.78 is 357. The van der Waals surface area contributed by atoms with Crippen molar-refractivity contribution in [1.82, 2.24) is 4.98 Å². The van der Waals surface area contributed by atoms with Crippen molar-refractivity contribution in [2.24, 2.45) is 0 Å². The van der Waals surface area contributed by atoms with Crippen LogP contribution in [0.1, 0.15) is 61.3 Å². The third-order valence-electron chi connectivity index (χ3n) is 11.9. The van der Waals surface area contributed by atoms with Gasteiger partial charge in [-0.05, 0) is 35.9 Å². The Morgan fingerprint density at radius 2 is 0.641 bits per heavy atom. The van der Waals surface area contributed by atoms with E-state index < -0.39 is 195 Å². The SMILES string of the molecule is FC(F)(F)c1cc([B-](c2cc(C(F)(F)F)cc(C(F)(F)F)c2)(c2cc(C(F)(F)F)cc(C(F)(F)F)c2)c2cc(C(F)(F)F)cc(C(F)(F)F)c2)cc(C(F)(F)F)c1.Fc1ccccc1Cc1cncc[n+]1Cc1ccccc1. The molecule has 78 heavy (non-hydrogen) atoms. The molecule has 6 aromatic carbocycles. The van der Waals surface area contributed by atoms with Gasteiger partial charge in [-0.2, -0.15) is 132 Å². The molecule has 0 aliphatic heterocycles. The molecule has 0 amide bonds. The second kappa shape index (κ2) is 21.2. The Kier molecular flexibility index (Phi) is 16.3. The van der Waals surface area contributed by atoms with E-state index in [1.165, 1.54) is 11.6 Å². The van der Waals surface area contributed by atoms with Gasteiger partial charge in [0.25, 0.3) is 0 Å². The van der Waals surface area contributed by atoms with Gasteiger partial charge >= 0.3 is 49.4 Å². The van der Waals surface area contributed by atoms with Gasteiger partial charge in [0.1, 0.15) is 12.0 Å². The smallest absolute Gasteiger partial charge is 0.252 e. The summed E-state index contributed by atoms with van der Waals surface area (Å²) in [4.78, 5) is 4.17. The molecule has 0 unspecified atom stereocenters. The molecule has 0 aliphatic carbocycles. The van der Waals surface area contributed by atoms with E-state index in [2.05, 4.69) is 21.7 Å². The van der Waals surface area contributed by atoms with Gasteiger partial charge in [-0.3, -0.25) is 4.98 Å². The highest BCUT2D eigenvalue weighted by Gasteiger charge is 2.47. The number of hydrogen-bond donors (Lipinski definition) is 0. The van der Waals surface area contributed by atoms with Crippen molar-refractivity contribution in [3.63, 3.8) is 0 Å². The summed E-state index contributed by atoms with van der Waals surface area (Å²) in [6, 6.07) is 8.27. The number of benzene rings is 6. The highest BCUT2D eigenvalue weighted by atomic mass is 19.4. The van der Waals surface area contributed by atoms with E-state index in [1.54, 1.807) is 18.5 Å². The molecule has 0 bridgehead atoms. The topological polar surface area (TPSA) is 16.8 Å². The van der Waals surface area contributed by atoms with Crippen LogP contribution in [0.4, 0.5) is 110 Å². The Balaban J connectivity index is 0.000000387. The molecular formula is C50H28BF25N2. The first-order valence-corrected chi connectivity index (χ1v) is 21.5. The molecule has 28 heteroatoms. The van der Waals surface area contributed by atoms with E-state index in [-0.39, 0.29) is 5.82 Å². The molecule has 0 fully saturated rings. The largest absolute Gasteiger partial charge is 0.416 e. The van der Waals surface area contributed by atoms with Crippen molar-refractivity contribution in [2.45, 2.75) is 62.4 Å². The number of nitrogens with zero attached hydrogens (tertiary/aromatic N) is 2. The Labute approximate surface area is 422 Å². The van der Waals surface area contributed by atoms with E-state index in [0.717, 1.165) is 12.2 Å². The van der Waals surface area contributed by atoms with Gasteiger partial charge in [0.2, 0.25) is 5.69 Å². The average Bonchev–Trinajstić information content (AvgIpc) is 3.35. The van der Waals surface area contributed by atoms with Crippen molar-refractivity contribution >= 4 is 28.0 Å². The minimum atomic E-state index is -6.13. The molecule has 0 aliphatic rings. The van der Waals surface area contributed by atoms with Crippen molar-refractivity contribution in [2.75, 3.05) is 0 Å². The fourth-order valence-corrected chi connectivity index (χ4v) is 8.41. The van der Waals surface area contributed by atoms with Gasteiger partial charge in [0.05, 0.1) is 63.3 Å². The van der Waals surface area contributed by atoms with Gasteiger partial charge in [0.15, 0.2) is 12.7 Å². The first-order valence-electron chi connectivity index (χ1n) is 21.5. The molecule has 416 valence electrons. The molecule has 0 saturated heterocycles. The molecule has 1 aromatic heterocycles. The van der Waals surface area contributed by atoms with E-state index in [4.69, 9.17) is 0 Å². The maximum atomic E-state index is 14.2. The second-order valence-electron chi connectivity index (χ2n) is 17.2. The summed E-state index contributed by atoms with van der Waals surface area (Å²) in [6.45, 7) is 0.757. The van der Waals surface area contributed by atoms with Crippen LogP contribution in [-0.2, 0) is 62.4 Å². The minimum absolute atomic E-state index is 0.174. The predicted octanol–water partition coefficient (Wildman–Crippen LogP) is 14.4. The van der Waals surface area contributed by atoms with Crippen LogP contribution in [0.2, 0.25) is 0 Å². The molecule has 2 nitrogen and oxygen atoms in total. The Morgan fingerprint density at radius 1 is 0.359 bits per heavy atom. The van der Waals surface area contributed by atoms with Crippen molar-refractivity contribution < 1.29 is 114 Å². The molecule has 0 saturated carbocycles. The first-order chi connectivity index (χ1) is 35.6. The lowest BCUT2D eigenvalue weighted by Crippen LogP contribution is -2.75. The summed E-state index contributed by atoms with van der Waals surface area (Å²) in [7, 11) is 0. The lowest BCUT2D eigenvalue weighted by atomic mass is 9.12. The van der Waals surface area contributed by atoms with Gasteiger partial charge < -0.3 is 0 Å². The number of rotatable bonds is 8. The number of hydrogen-bond acceptors (Lipinski definition) is 1. The molecule has 0 spiro atoms. The van der Waals surface area contributed by atoms with Crippen molar-refractivity contribution in [3.05, 3.63) is 213 Å². The van der Waals surface area contributed by atoms with Crippen LogP contribution in [0.3, 0.4) is 0 Å². The van der Waals surface area contributed by atoms with Crippen LogP contribution in [0.5, 0.6) is 0 Å². The number of aromatic nitrogens is 2. The van der Waals surface area contributed by atoms with Gasteiger partial charge in [-0.15, -0.1) is 0 Å². The van der Waals surface area contributed by atoms with Crippen LogP contribution in [0.25, 0.3) is 0 Å². The van der Waals surface area contributed by atoms with Gasteiger partial charge in [0, 0.05) is 5.56 Å². The van der Waals surface area contributed by atoms with Gasteiger partial charge in [-0.25, -0.2) is 4.39 Å². The quantitative estimate of drug-likeness (QED) is 0.0842. The normalized spacial score (nSPS) is 13.3. The monoisotopic (exact) mass is 1140 g/mol. The van der Waals surface area contributed by atoms with E-state index in [1.807, 2.05) is 36.5 Å². The molecular weight excluding hydrogens is 1110 g/mol. The van der Waals surface area contributed by atoms with E-state index in [9.17, 15) is 110 Å². The average molecular weight is 1140 g/mol. The lowest BCUT2D eigenvalue weighted by Gasteiger charge is -2.46. The highest BCUT2D eigenvalue weighted by Crippen LogP contribution is 2.41. The first kappa shape index (κ1) is 60.0. The molecule has 0 radical (unpaired) electrons. The molecule has 7 rings (SSSR count). The third-order valence-corrected chi connectivity index (χ3v) is 11.9. The maximum absolute atomic E-state index is 14.2. The van der Waals surface area contributed by atoms with Crippen LogP contribution < -0.4 is 26.4 Å². The van der Waals surface area contributed by atoms with Crippen molar-refractivity contribution in [3.8, 4) is 0 Å². The Bertz CT molecular complexity index is 2820. The van der Waals surface area contributed by atoms with Crippen molar-refractivity contribution in [1.29, 1.82) is 0 Å². The number of halogens is 25. The summed E-state index contributed by atoms with van der Waals surface area (Å²) in [5, 5.41) is 0. The van der Waals surface area contributed by atoms with E-state index >= 15 is 0 Å².